The van der Waals surface area contributed by atoms with Crippen LogP contribution in [-0.4, -0.2) is 25.5 Å². The van der Waals surface area contributed by atoms with E-state index in [2.05, 4.69) is 5.32 Å². The van der Waals surface area contributed by atoms with E-state index >= 15 is 0 Å². The smallest absolute Gasteiger partial charge is 0.239 e. The third-order valence-corrected chi connectivity index (χ3v) is 2.88. The lowest BCUT2D eigenvalue weighted by Crippen LogP contribution is -2.33. The van der Waals surface area contributed by atoms with E-state index in [9.17, 15) is 4.79 Å². The van der Waals surface area contributed by atoms with Gasteiger partial charge in [-0.1, -0.05) is 11.6 Å². The number of nitrogens with zero attached hydrogens (tertiary/aromatic N) is 1. The first kappa shape index (κ1) is 11.1. The maximum absolute atomic E-state index is 11.4. The Labute approximate surface area is 99.4 Å². The largest absolute Gasteiger partial charge is 0.399 e. The fourth-order valence-electron chi connectivity index (χ4n) is 1.79. The van der Waals surface area contributed by atoms with Gasteiger partial charge >= 0.3 is 0 Å². The molecule has 1 aliphatic rings. The van der Waals surface area contributed by atoms with Crippen molar-refractivity contribution < 1.29 is 4.79 Å². The quantitative estimate of drug-likeness (QED) is 0.726. The number of rotatable bonds is 1. The summed E-state index contributed by atoms with van der Waals surface area (Å²) in [4.78, 5) is 13.4. The van der Waals surface area contributed by atoms with Crippen LogP contribution in [0.2, 0.25) is 5.02 Å². The van der Waals surface area contributed by atoms with E-state index in [0.29, 0.717) is 17.3 Å². The number of nitrogens with two attached hydrogens (primary N) is 1. The molecule has 1 fully saturated rings. The molecule has 0 bridgehead atoms. The van der Waals surface area contributed by atoms with Crippen molar-refractivity contribution >= 4 is 28.9 Å². The summed E-state index contributed by atoms with van der Waals surface area (Å²) in [6, 6.07) is 5.36. The summed E-state index contributed by atoms with van der Waals surface area (Å²) < 4.78 is 0. The van der Waals surface area contributed by atoms with E-state index in [-0.39, 0.29) is 5.91 Å². The number of benzene rings is 1. The van der Waals surface area contributed by atoms with Crippen LogP contribution in [0.1, 0.15) is 6.42 Å². The molecule has 3 N–H and O–H groups in total. The number of hydrogen-bond donors (Lipinski definition) is 2. The van der Waals surface area contributed by atoms with Crippen LogP contribution in [0.25, 0.3) is 0 Å². The van der Waals surface area contributed by atoms with E-state index in [1.165, 1.54) is 0 Å². The van der Waals surface area contributed by atoms with Crippen molar-refractivity contribution in [3.8, 4) is 0 Å². The minimum absolute atomic E-state index is 0.0328. The summed E-state index contributed by atoms with van der Waals surface area (Å²) in [7, 11) is 0. The van der Waals surface area contributed by atoms with Gasteiger partial charge in [0.1, 0.15) is 0 Å². The van der Waals surface area contributed by atoms with Gasteiger partial charge in [0.25, 0.3) is 0 Å². The molecule has 1 heterocycles. The van der Waals surface area contributed by atoms with Gasteiger partial charge in [-0.3, -0.25) is 4.79 Å². The number of anilines is 2. The number of carbonyl (C=O) groups is 1. The summed E-state index contributed by atoms with van der Waals surface area (Å²) in [5, 5.41) is 3.42. The highest BCUT2D eigenvalue weighted by Crippen LogP contribution is 2.28. The van der Waals surface area contributed by atoms with Crippen molar-refractivity contribution in [3.05, 3.63) is 23.2 Å². The maximum Gasteiger partial charge on any atom is 0.239 e. The third kappa shape index (κ3) is 2.39. The Morgan fingerprint density at radius 3 is 3.00 bits per heavy atom. The van der Waals surface area contributed by atoms with Crippen LogP contribution in [0.5, 0.6) is 0 Å². The predicted octanol–water partition coefficient (Wildman–Crippen LogP) is 1.25. The minimum Gasteiger partial charge on any atom is -0.399 e. The standard InChI is InChI=1S/C11H14ClN3O/c12-9-6-8(13)2-3-10(9)15-5-1-4-14-11(16)7-15/h2-3,6H,1,4-5,7,13H2,(H,14,16). The molecule has 1 saturated heterocycles. The monoisotopic (exact) mass is 239 g/mol. The van der Waals surface area contributed by atoms with Crippen LogP contribution in [0.3, 0.4) is 0 Å². The van der Waals surface area contributed by atoms with Crippen molar-refractivity contribution in [2.45, 2.75) is 6.42 Å². The molecule has 0 saturated carbocycles. The van der Waals surface area contributed by atoms with Gasteiger partial charge in [0.2, 0.25) is 5.91 Å². The Balaban J connectivity index is 2.24. The SMILES string of the molecule is Nc1ccc(N2CCCNC(=O)C2)c(Cl)c1. The molecule has 0 atom stereocenters. The van der Waals surface area contributed by atoms with Crippen LogP contribution >= 0.6 is 11.6 Å². The number of amides is 1. The van der Waals surface area contributed by atoms with Crippen molar-refractivity contribution in [1.29, 1.82) is 0 Å². The second-order valence-corrected chi connectivity index (χ2v) is 4.24. The Morgan fingerprint density at radius 1 is 1.44 bits per heavy atom. The normalized spacial score (nSPS) is 16.8. The highest BCUT2D eigenvalue weighted by atomic mass is 35.5. The van der Waals surface area contributed by atoms with E-state index in [4.69, 9.17) is 17.3 Å². The van der Waals surface area contributed by atoms with Crippen molar-refractivity contribution in [2.24, 2.45) is 0 Å². The molecule has 2 rings (SSSR count). The van der Waals surface area contributed by atoms with Crippen LogP contribution < -0.4 is 16.0 Å². The summed E-state index contributed by atoms with van der Waals surface area (Å²) >= 11 is 6.11. The zero-order chi connectivity index (χ0) is 11.5. The first-order valence-electron chi connectivity index (χ1n) is 5.23. The van der Waals surface area contributed by atoms with E-state index in [1.807, 2.05) is 11.0 Å². The van der Waals surface area contributed by atoms with Gasteiger partial charge < -0.3 is 16.0 Å². The van der Waals surface area contributed by atoms with Gasteiger partial charge in [-0.25, -0.2) is 0 Å². The number of nitrogen functional groups attached to an aromatic ring is 1. The summed E-state index contributed by atoms with van der Waals surface area (Å²) in [6.45, 7) is 1.90. The molecule has 0 unspecified atom stereocenters. The highest BCUT2D eigenvalue weighted by molar-refractivity contribution is 6.33. The summed E-state index contributed by atoms with van der Waals surface area (Å²) in [5.41, 5.74) is 7.13. The number of hydrogen-bond acceptors (Lipinski definition) is 3. The topological polar surface area (TPSA) is 58.4 Å². The molecule has 16 heavy (non-hydrogen) atoms. The number of carbonyl (C=O) groups excluding carboxylic acids is 1. The van der Waals surface area contributed by atoms with Gasteiger partial charge in [-0.2, -0.15) is 0 Å². The van der Waals surface area contributed by atoms with Gasteiger partial charge in [-0.05, 0) is 24.6 Å². The average Bonchev–Trinajstić information content (AvgIpc) is 2.43. The second kappa shape index (κ2) is 4.61. The molecule has 0 aromatic heterocycles. The zero-order valence-electron chi connectivity index (χ0n) is 8.87. The molecular formula is C11H14ClN3O. The Bertz CT molecular complexity index is 408. The van der Waals surface area contributed by atoms with Gasteiger partial charge in [0.15, 0.2) is 0 Å². The first-order valence-corrected chi connectivity index (χ1v) is 5.61. The van der Waals surface area contributed by atoms with Crippen LogP contribution in [0.15, 0.2) is 18.2 Å². The molecule has 0 spiro atoms. The third-order valence-electron chi connectivity index (χ3n) is 2.57. The molecular weight excluding hydrogens is 226 g/mol. The molecule has 5 heteroatoms. The molecule has 1 aromatic rings. The van der Waals surface area contributed by atoms with Crippen molar-refractivity contribution in [1.82, 2.24) is 5.32 Å². The molecule has 1 aliphatic heterocycles. The summed E-state index contributed by atoms with van der Waals surface area (Å²) in [6.07, 6.45) is 0.923. The molecule has 0 aliphatic carbocycles. The maximum atomic E-state index is 11.4. The lowest BCUT2D eigenvalue weighted by molar-refractivity contribution is -0.119. The van der Waals surface area contributed by atoms with Gasteiger partial charge in [0.05, 0.1) is 17.3 Å². The number of halogens is 1. The minimum atomic E-state index is 0.0328. The van der Waals surface area contributed by atoms with Crippen molar-refractivity contribution in [3.63, 3.8) is 0 Å². The molecule has 1 aromatic carbocycles. The van der Waals surface area contributed by atoms with Crippen LogP contribution in [0.4, 0.5) is 11.4 Å². The van der Waals surface area contributed by atoms with Gasteiger partial charge in [-0.15, -0.1) is 0 Å². The van der Waals surface area contributed by atoms with Crippen LogP contribution in [-0.2, 0) is 4.79 Å². The van der Waals surface area contributed by atoms with Gasteiger partial charge in [0, 0.05) is 18.8 Å². The molecule has 0 radical (unpaired) electrons. The fourth-order valence-corrected chi connectivity index (χ4v) is 2.10. The lowest BCUT2D eigenvalue weighted by atomic mass is 10.2. The Kier molecular flexibility index (Phi) is 3.19. The fraction of sp³-hybridized carbons (Fsp3) is 0.364. The summed E-state index contributed by atoms with van der Waals surface area (Å²) in [5.74, 6) is 0.0328. The van der Waals surface area contributed by atoms with Crippen molar-refractivity contribution in [2.75, 3.05) is 30.3 Å². The van der Waals surface area contributed by atoms with Crippen LogP contribution in [0, 0.1) is 0 Å². The second-order valence-electron chi connectivity index (χ2n) is 3.84. The lowest BCUT2D eigenvalue weighted by Gasteiger charge is -2.22. The average molecular weight is 240 g/mol. The molecule has 86 valence electrons. The zero-order valence-corrected chi connectivity index (χ0v) is 9.63. The van der Waals surface area contributed by atoms with E-state index in [1.54, 1.807) is 12.1 Å². The van der Waals surface area contributed by atoms with E-state index < -0.39 is 0 Å². The Hall–Kier alpha value is -1.42. The highest BCUT2D eigenvalue weighted by Gasteiger charge is 2.16. The first-order chi connectivity index (χ1) is 7.66. The van der Waals surface area contributed by atoms with E-state index in [0.717, 1.165) is 25.2 Å². The Morgan fingerprint density at radius 2 is 2.25 bits per heavy atom. The predicted molar refractivity (Wildman–Crippen MR) is 65.7 cm³/mol. The molecule has 1 amide bonds. The molecule has 4 nitrogen and oxygen atoms in total. The number of nitrogens with one attached hydrogen (secondary N) is 1.